The summed E-state index contributed by atoms with van der Waals surface area (Å²) in [5.74, 6) is -0.485. The first-order valence-corrected chi connectivity index (χ1v) is 8.51. The highest BCUT2D eigenvalue weighted by Crippen LogP contribution is 2.10. The molecule has 0 radical (unpaired) electrons. The van der Waals surface area contributed by atoms with Crippen molar-refractivity contribution in [1.82, 2.24) is 10.0 Å². The van der Waals surface area contributed by atoms with Crippen LogP contribution in [0, 0.1) is 0 Å². The summed E-state index contributed by atoms with van der Waals surface area (Å²) in [6, 6.07) is 8.06. The Hall–Kier alpha value is -1.44. The van der Waals surface area contributed by atoms with Gasteiger partial charge in [-0.2, -0.15) is 0 Å². The fourth-order valence-electron chi connectivity index (χ4n) is 1.79. The Labute approximate surface area is 125 Å². The van der Waals surface area contributed by atoms with E-state index in [9.17, 15) is 18.3 Å². The van der Waals surface area contributed by atoms with Gasteiger partial charge in [0.05, 0.1) is 17.9 Å². The van der Waals surface area contributed by atoms with Crippen molar-refractivity contribution in [3.63, 3.8) is 0 Å². The lowest BCUT2D eigenvalue weighted by Gasteiger charge is -2.16. The smallest absolute Gasteiger partial charge is 0.237 e. The molecule has 1 amide bonds. The van der Waals surface area contributed by atoms with E-state index in [1.807, 2.05) is 6.07 Å². The van der Waals surface area contributed by atoms with Crippen LogP contribution >= 0.6 is 0 Å². The number of carbonyl (C=O) groups excluding carboxylic acids is 1. The molecule has 0 aliphatic heterocycles. The average molecular weight is 314 g/mol. The first-order valence-electron chi connectivity index (χ1n) is 6.86. The average Bonchev–Trinajstić information content (AvgIpc) is 2.44. The first kappa shape index (κ1) is 17.6. The van der Waals surface area contributed by atoms with Crippen molar-refractivity contribution in [3.05, 3.63) is 35.9 Å². The molecule has 21 heavy (non-hydrogen) atoms. The van der Waals surface area contributed by atoms with Gasteiger partial charge >= 0.3 is 0 Å². The molecule has 0 aliphatic carbocycles. The van der Waals surface area contributed by atoms with Gasteiger partial charge in [0.15, 0.2) is 0 Å². The van der Waals surface area contributed by atoms with E-state index in [1.54, 1.807) is 31.2 Å². The summed E-state index contributed by atoms with van der Waals surface area (Å²) in [5.41, 5.74) is 0.692. The zero-order valence-electron chi connectivity index (χ0n) is 12.2. The van der Waals surface area contributed by atoms with Crippen LogP contribution in [0.15, 0.2) is 30.3 Å². The molecule has 0 saturated heterocycles. The number of amides is 1. The van der Waals surface area contributed by atoms with Crippen molar-refractivity contribution in [3.8, 4) is 0 Å². The van der Waals surface area contributed by atoms with Crippen molar-refractivity contribution in [2.24, 2.45) is 0 Å². The van der Waals surface area contributed by atoms with Crippen molar-refractivity contribution in [2.75, 3.05) is 12.3 Å². The number of aliphatic hydroxyl groups is 1. The second kappa shape index (κ2) is 8.11. The molecule has 2 atom stereocenters. The van der Waals surface area contributed by atoms with Gasteiger partial charge in [-0.15, -0.1) is 0 Å². The fourth-order valence-corrected chi connectivity index (χ4v) is 3.09. The predicted molar refractivity (Wildman–Crippen MR) is 81.1 cm³/mol. The van der Waals surface area contributed by atoms with E-state index in [2.05, 4.69) is 10.0 Å². The minimum Gasteiger partial charge on any atom is -0.387 e. The number of hydrogen-bond acceptors (Lipinski definition) is 4. The van der Waals surface area contributed by atoms with E-state index in [0.717, 1.165) is 0 Å². The van der Waals surface area contributed by atoms with Crippen LogP contribution in [0.2, 0.25) is 0 Å². The van der Waals surface area contributed by atoms with Crippen molar-refractivity contribution >= 4 is 15.9 Å². The Bertz CT molecular complexity index is 545. The van der Waals surface area contributed by atoms with E-state index >= 15 is 0 Å². The summed E-state index contributed by atoms with van der Waals surface area (Å²) in [7, 11) is -3.44. The molecule has 3 N–H and O–H groups in total. The molecule has 0 spiro atoms. The lowest BCUT2D eigenvalue weighted by molar-refractivity contribution is -0.122. The molecule has 0 bridgehead atoms. The molecule has 1 aromatic rings. The van der Waals surface area contributed by atoms with Crippen LogP contribution < -0.4 is 10.0 Å². The van der Waals surface area contributed by atoms with E-state index in [1.165, 1.54) is 6.92 Å². The summed E-state index contributed by atoms with van der Waals surface area (Å²) in [6.45, 7) is 3.25. The Morgan fingerprint density at radius 1 is 1.29 bits per heavy atom. The molecule has 0 aliphatic rings. The predicted octanol–water partition coefficient (Wildman–Crippen LogP) is 0.554. The molecule has 2 unspecified atom stereocenters. The van der Waals surface area contributed by atoms with Gasteiger partial charge in [-0.3, -0.25) is 4.79 Å². The number of rotatable bonds is 8. The van der Waals surface area contributed by atoms with Crippen LogP contribution in [-0.4, -0.2) is 37.8 Å². The topological polar surface area (TPSA) is 95.5 Å². The van der Waals surface area contributed by atoms with Gasteiger partial charge in [0.25, 0.3) is 0 Å². The monoisotopic (exact) mass is 314 g/mol. The highest BCUT2D eigenvalue weighted by molar-refractivity contribution is 7.89. The largest absolute Gasteiger partial charge is 0.387 e. The minimum absolute atomic E-state index is 0.0166. The summed E-state index contributed by atoms with van der Waals surface area (Å²) >= 11 is 0. The summed E-state index contributed by atoms with van der Waals surface area (Å²) in [4.78, 5) is 11.8. The Morgan fingerprint density at radius 3 is 2.48 bits per heavy atom. The Balaban J connectivity index is 2.46. The quantitative estimate of drug-likeness (QED) is 0.653. The molecule has 0 saturated carbocycles. The third kappa shape index (κ3) is 6.24. The SMILES string of the molecule is CCCS(=O)(=O)NC(C)C(=O)NCC(O)c1ccccc1. The molecular weight excluding hydrogens is 292 g/mol. The lowest BCUT2D eigenvalue weighted by atomic mass is 10.1. The van der Waals surface area contributed by atoms with Gasteiger partial charge in [0.1, 0.15) is 0 Å². The third-order valence-corrected chi connectivity index (χ3v) is 4.53. The van der Waals surface area contributed by atoms with Gasteiger partial charge < -0.3 is 10.4 Å². The van der Waals surface area contributed by atoms with Crippen molar-refractivity contribution in [2.45, 2.75) is 32.4 Å². The van der Waals surface area contributed by atoms with Gasteiger partial charge in [-0.25, -0.2) is 13.1 Å². The minimum atomic E-state index is -3.44. The van der Waals surface area contributed by atoms with Crippen molar-refractivity contribution in [1.29, 1.82) is 0 Å². The van der Waals surface area contributed by atoms with Crippen LogP contribution in [-0.2, 0) is 14.8 Å². The van der Waals surface area contributed by atoms with Crippen molar-refractivity contribution < 1.29 is 18.3 Å². The molecule has 7 heteroatoms. The first-order chi connectivity index (χ1) is 9.85. The standard InChI is InChI=1S/C14H22N2O4S/c1-3-9-21(19,20)16-11(2)14(18)15-10-13(17)12-7-5-4-6-8-12/h4-8,11,13,16-17H,3,9-10H2,1-2H3,(H,15,18). The number of carbonyl (C=O) groups is 1. The number of aliphatic hydroxyl groups excluding tert-OH is 1. The highest BCUT2D eigenvalue weighted by atomic mass is 32.2. The molecule has 1 rings (SSSR count). The van der Waals surface area contributed by atoms with E-state index < -0.39 is 28.1 Å². The second-order valence-corrected chi connectivity index (χ2v) is 6.70. The highest BCUT2D eigenvalue weighted by Gasteiger charge is 2.20. The zero-order valence-corrected chi connectivity index (χ0v) is 13.1. The Morgan fingerprint density at radius 2 is 1.90 bits per heavy atom. The third-order valence-electron chi connectivity index (χ3n) is 2.88. The normalized spacial score (nSPS) is 14.4. The van der Waals surface area contributed by atoms with Crippen LogP contribution in [0.4, 0.5) is 0 Å². The maximum atomic E-state index is 11.8. The Kier molecular flexibility index (Phi) is 6.80. The van der Waals surface area contributed by atoms with Gasteiger partial charge in [-0.1, -0.05) is 37.3 Å². The molecule has 0 aromatic heterocycles. The fraction of sp³-hybridized carbons (Fsp3) is 0.500. The van der Waals surface area contributed by atoms with Crippen LogP contribution in [0.25, 0.3) is 0 Å². The van der Waals surface area contributed by atoms with Crippen LogP contribution in [0.5, 0.6) is 0 Å². The number of hydrogen-bond donors (Lipinski definition) is 3. The molecule has 6 nitrogen and oxygen atoms in total. The maximum absolute atomic E-state index is 11.8. The number of benzene rings is 1. The van der Waals surface area contributed by atoms with Gasteiger partial charge in [0, 0.05) is 6.54 Å². The van der Waals surface area contributed by atoms with Crippen LogP contribution in [0.3, 0.4) is 0 Å². The molecule has 1 aromatic carbocycles. The van der Waals surface area contributed by atoms with E-state index in [0.29, 0.717) is 12.0 Å². The van der Waals surface area contributed by atoms with Gasteiger partial charge in [-0.05, 0) is 18.9 Å². The van der Waals surface area contributed by atoms with Crippen LogP contribution in [0.1, 0.15) is 31.9 Å². The summed E-state index contributed by atoms with van der Waals surface area (Å²) in [6.07, 6.45) is -0.342. The maximum Gasteiger partial charge on any atom is 0.237 e. The molecular formula is C14H22N2O4S. The number of sulfonamides is 1. The molecule has 118 valence electrons. The summed E-state index contributed by atoms with van der Waals surface area (Å²) in [5, 5.41) is 12.4. The second-order valence-electron chi connectivity index (χ2n) is 4.83. The lowest BCUT2D eigenvalue weighted by Crippen LogP contribution is -2.46. The van der Waals surface area contributed by atoms with E-state index in [4.69, 9.17) is 0 Å². The summed E-state index contributed by atoms with van der Waals surface area (Å²) < 4.78 is 25.4. The zero-order chi connectivity index (χ0) is 15.9. The van der Waals surface area contributed by atoms with E-state index in [-0.39, 0.29) is 12.3 Å². The number of nitrogens with one attached hydrogen (secondary N) is 2. The molecule has 0 heterocycles. The molecule has 0 fully saturated rings. The van der Waals surface area contributed by atoms with Gasteiger partial charge in [0.2, 0.25) is 15.9 Å².